The van der Waals surface area contributed by atoms with Crippen LogP contribution in [0.25, 0.3) is 0 Å². The molecule has 0 aliphatic rings. The Hall–Kier alpha value is -1.09. The zero-order valence-electron chi connectivity index (χ0n) is 7.70. The van der Waals surface area contributed by atoms with E-state index in [0.29, 0.717) is 22.2 Å². The van der Waals surface area contributed by atoms with Gasteiger partial charge in [-0.15, -0.1) is 0 Å². The first-order valence-electron chi connectivity index (χ1n) is 3.72. The van der Waals surface area contributed by atoms with E-state index in [1.54, 1.807) is 12.1 Å². The molecule has 0 amide bonds. The minimum absolute atomic E-state index is 0.456. The Morgan fingerprint density at radius 1 is 1.29 bits per heavy atom. The van der Waals surface area contributed by atoms with E-state index in [-0.39, 0.29) is 0 Å². The van der Waals surface area contributed by atoms with Crippen LogP contribution in [0.4, 0.5) is 5.69 Å². The molecule has 1 aromatic rings. The number of methoxy groups -OCH3 is 2. The second-order valence-corrected chi connectivity index (χ2v) is 2.95. The fourth-order valence-corrected chi connectivity index (χ4v) is 1.31. The molecule has 0 radical (unpaired) electrons. The van der Waals surface area contributed by atoms with Crippen molar-refractivity contribution in [3.05, 3.63) is 17.2 Å². The molecular weight excluding hydrogens is 222 g/mol. The molecule has 0 saturated heterocycles. The first-order valence-corrected chi connectivity index (χ1v) is 4.51. The highest BCUT2D eigenvalue weighted by Gasteiger charge is 2.08. The van der Waals surface area contributed by atoms with Gasteiger partial charge in [-0.2, -0.15) is 4.99 Å². The van der Waals surface area contributed by atoms with Gasteiger partial charge < -0.3 is 9.47 Å². The van der Waals surface area contributed by atoms with E-state index in [1.165, 1.54) is 14.2 Å². The number of thiocarbonyl (C=S) groups is 1. The van der Waals surface area contributed by atoms with Crippen LogP contribution in [0.2, 0.25) is 5.02 Å². The molecule has 0 spiro atoms. The van der Waals surface area contributed by atoms with Crippen molar-refractivity contribution in [3.8, 4) is 11.5 Å². The van der Waals surface area contributed by atoms with Crippen LogP contribution in [-0.2, 0) is 0 Å². The van der Waals surface area contributed by atoms with Crippen LogP contribution >= 0.6 is 23.8 Å². The molecule has 3 nitrogen and oxygen atoms in total. The Bertz CT molecular complexity index is 389. The molecule has 74 valence electrons. The number of isothiocyanates is 1. The van der Waals surface area contributed by atoms with Crippen LogP contribution in [0.1, 0.15) is 0 Å². The largest absolute Gasteiger partial charge is 0.495 e. The monoisotopic (exact) mass is 229 g/mol. The third-order valence-corrected chi connectivity index (χ3v) is 2.01. The lowest BCUT2D eigenvalue weighted by Gasteiger charge is -2.07. The van der Waals surface area contributed by atoms with Crippen molar-refractivity contribution >= 4 is 34.7 Å². The summed E-state index contributed by atoms with van der Waals surface area (Å²) in [4.78, 5) is 3.81. The van der Waals surface area contributed by atoms with Crippen LogP contribution in [0.5, 0.6) is 11.5 Å². The average Bonchev–Trinajstić information content (AvgIpc) is 2.19. The Balaban J connectivity index is 3.30. The van der Waals surface area contributed by atoms with E-state index in [9.17, 15) is 0 Å². The van der Waals surface area contributed by atoms with Crippen molar-refractivity contribution in [2.45, 2.75) is 0 Å². The zero-order valence-corrected chi connectivity index (χ0v) is 9.28. The first-order chi connectivity index (χ1) is 6.72. The van der Waals surface area contributed by atoms with Crippen LogP contribution in [0.3, 0.4) is 0 Å². The van der Waals surface area contributed by atoms with Gasteiger partial charge in [-0.1, -0.05) is 11.6 Å². The highest BCUT2D eigenvalue weighted by atomic mass is 35.5. The predicted octanol–water partition coefficient (Wildman–Crippen LogP) is 3.09. The number of nitrogens with zero attached hydrogens (tertiary/aromatic N) is 1. The molecule has 0 aromatic heterocycles. The lowest BCUT2D eigenvalue weighted by molar-refractivity contribution is 0.395. The Morgan fingerprint density at radius 3 is 2.43 bits per heavy atom. The maximum absolute atomic E-state index is 5.89. The second-order valence-electron chi connectivity index (χ2n) is 2.36. The van der Waals surface area contributed by atoms with Gasteiger partial charge in [0.2, 0.25) is 0 Å². The van der Waals surface area contributed by atoms with E-state index in [4.69, 9.17) is 21.1 Å². The van der Waals surface area contributed by atoms with Gasteiger partial charge in [-0.25, -0.2) is 0 Å². The molecule has 5 heteroatoms. The van der Waals surface area contributed by atoms with E-state index in [2.05, 4.69) is 22.4 Å². The maximum atomic E-state index is 5.89. The molecule has 0 unspecified atom stereocenters. The van der Waals surface area contributed by atoms with E-state index in [0.717, 1.165) is 0 Å². The summed E-state index contributed by atoms with van der Waals surface area (Å²) in [5.74, 6) is 1.08. The first kappa shape index (κ1) is 11.0. The number of hydrogen-bond acceptors (Lipinski definition) is 4. The molecule has 0 fully saturated rings. The molecule has 0 aliphatic carbocycles. The van der Waals surface area contributed by atoms with Crippen LogP contribution in [-0.4, -0.2) is 19.4 Å². The maximum Gasteiger partial charge on any atom is 0.149 e. The second kappa shape index (κ2) is 4.96. The number of halogens is 1. The predicted molar refractivity (Wildman–Crippen MR) is 59.2 cm³/mol. The minimum Gasteiger partial charge on any atom is -0.495 e. The molecule has 0 atom stereocenters. The Morgan fingerprint density at radius 2 is 1.93 bits per heavy atom. The lowest BCUT2D eigenvalue weighted by atomic mass is 10.3. The fourth-order valence-electron chi connectivity index (χ4n) is 0.981. The number of hydrogen-bond donors (Lipinski definition) is 0. The van der Waals surface area contributed by atoms with Gasteiger partial charge in [-0.05, 0) is 18.3 Å². The molecule has 0 bridgehead atoms. The van der Waals surface area contributed by atoms with Crippen LogP contribution in [0.15, 0.2) is 17.1 Å². The third kappa shape index (κ3) is 2.23. The molecule has 1 rings (SSSR count). The SMILES string of the molecule is COc1cc(OC)c(N=C=S)cc1Cl. The molecule has 0 saturated carbocycles. The van der Waals surface area contributed by atoms with Gasteiger partial charge in [0.1, 0.15) is 17.2 Å². The van der Waals surface area contributed by atoms with Gasteiger partial charge in [0.15, 0.2) is 0 Å². The summed E-state index contributed by atoms with van der Waals surface area (Å²) in [5.41, 5.74) is 0.535. The number of aliphatic imine (C=N–C) groups is 1. The highest BCUT2D eigenvalue weighted by Crippen LogP contribution is 2.37. The topological polar surface area (TPSA) is 30.8 Å². The fraction of sp³-hybridized carbons (Fsp3) is 0.222. The molecule has 1 aromatic carbocycles. The van der Waals surface area contributed by atoms with E-state index < -0.39 is 0 Å². The number of ether oxygens (including phenoxy) is 2. The summed E-state index contributed by atoms with van der Waals surface area (Å²) in [7, 11) is 3.06. The summed E-state index contributed by atoms with van der Waals surface area (Å²) >= 11 is 10.4. The van der Waals surface area contributed by atoms with Crippen molar-refractivity contribution in [1.82, 2.24) is 0 Å². The summed E-state index contributed by atoms with van der Waals surface area (Å²) in [6, 6.07) is 3.26. The average molecular weight is 230 g/mol. The lowest BCUT2D eigenvalue weighted by Crippen LogP contribution is -1.88. The summed E-state index contributed by atoms with van der Waals surface area (Å²) in [6.45, 7) is 0. The smallest absolute Gasteiger partial charge is 0.149 e. The number of rotatable bonds is 3. The standard InChI is InChI=1S/C9H8ClNO2S/c1-12-8-4-9(13-2)7(11-5-14)3-6(8)10/h3-4H,1-2H3. The Kier molecular flexibility index (Phi) is 3.89. The zero-order chi connectivity index (χ0) is 10.6. The quantitative estimate of drug-likeness (QED) is 0.590. The van der Waals surface area contributed by atoms with Crippen molar-refractivity contribution in [3.63, 3.8) is 0 Å². The third-order valence-electron chi connectivity index (χ3n) is 1.62. The summed E-state index contributed by atoms with van der Waals surface area (Å²) < 4.78 is 10.1. The molecular formula is C9H8ClNO2S. The van der Waals surface area contributed by atoms with Gasteiger partial charge in [0.05, 0.1) is 24.4 Å². The highest BCUT2D eigenvalue weighted by molar-refractivity contribution is 7.78. The van der Waals surface area contributed by atoms with Crippen molar-refractivity contribution < 1.29 is 9.47 Å². The normalized spacial score (nSPS) is 9.07. The minimum atomic E-state index is 0.456. The van der Waals surface area contributed by atoms with Crippen LogP contribution in [0, 0.1) is 0 Å². The van der Waals surface area contributed by atoms with Gasteiger partial charge in [-0.3, -0.25) is 0 Å². The van der Waals surface area contributed by atoms with Crippen molar-refractivity contribution in [2.24, 2.45) is 4.99 Å². The van der Waals surface area contributed by atoms with E-state index in [1.807, 2.05) is 0 Å². The summed E-state index contributed by atoms with van der Waals surface area (Å²) in [5, 5.41) is 2.71. The van der Waals surface area contributed by atoms with Gasteiger partial charge in [0, 0.05) is 6.07 Å². The van der Waals surface area contributed by atoms with Crippen LogP contribution < -0.4 is 9.47 Å². The van der Waals surface area contributed by atoms with Crippen molar-refractivity contribution in [2.75, 3.05) is 14.2 Å². The Labute approximate surface area is 92.3 Å². The van der Waals surface area contributed by atoms with E-state index >= 15 is 0 Å². The van der Waals surface area contributed by atoms with Gasteiger partial charge >= 0.3 is 0 Å². The summed E-state index contributed by atoms with van der Waals surface area (Å²) in [6.07, 6.45) is 0. The number of benzene rings is 1. The van der Waals surface area contributed by atoms with Gasteiger partial charge in [0.25, 0.3) is 0 Å². The molecule has 0 heterocycles. The molecule has 0 N–H and O–H groups in total. The van der Waals surface area contributed by atoms with Crippen molar-refractivity contribution in [1.29, 1.82) is 0 Å². The molecule has 14 heavy (non-hydrogen) atoms. The molecule has 0 aliphatic heterocycles.